The summed E-state index contributed by atoms with van der Waals surface area (Å²) in [7, 11) is 0. The highest BCUT2D eigenvalue weighted by Gasteiger charge is 2.32. The highest BCUT2D eigenvalue weighted by molar-refractivity contribution is 5.77. The Morgan fingerprint density at radius 3 is 2.52 bits per heavy atom. The third-order valence-electron chi connectivity index (χ3n) is 4.02. The van der Waals surface area contributed by atoms with E-state index in [2.05, 4.69) is 12.2 Å². The van der Waals surface area contributed by atoms with E-state index in [1.165, 1.54) is 0 Å². The molecule has 1 unspecified atom stereocenters. The minimum Gasteiger partial charge on any atom is -0.483 e. The number of carbonyl (C=O) groups is 1. The minimum atomic E-state index is -0.515. The second-order valence-corrected chi connectivity index (χ2v) is 6.45. The first-order valence-corrected chi connectivity index (χ1v) is 8.13. The Morgan fingerprint density at radius 1 is 1.30 bits per heavy atom. The zero-order valence-corrected chi connectivity index (χ0v) is 14.5. The first-order valence-electron chi connectivity index (χ1n) is 8.13. The van der Waals surface area contributed by atoms with E-state index in [1.807, 2.05) is 39.0 Å². The van der Waals surface area contributed by atoms with E-state index >= 15 is 0 Å². The van der Waals surface area contributed by atoms with Crippen LogP contribution in [0.4, 0.5) is 0 Å². The van der Waals surface area contributed by atoms with Gasteiger partial charge < -0.3 is 19.5 Å². The molecule has 0 aliphatic carbocycles. The van der Waals surface area contributed by atoms with E-state index in [1.54, 1.807) is 0 Å². The molecule has 23 heavy (non-hydrogen) atoms. The van der Waals surface area contributed by atoms with E-state index in [-0.39, 0.29) is 18.4 Å². The SMILES string of the molecule is Cc1cccc(C)c1OCC(=O)NCC(C)CC1(C)OCCO1. The lowest BCUT2D eigenvalue weighted by Crippen LogP contribution is -2.36. The standard InChI is InChI=1S/C18H27NO4/c1-13(10-18(4)22-8-9-23-18)11-19-16(20)12-21-17-14(2)6-5-7-15(17)3/h5-7,13H,8-12H2,1-4H3,(H,19,20). The van der Waals surface area contributed by atoms with Crippen molar-refractivity contribution in [3.05, 3.63) is 29.3 Å². The summed E-state index contributed by atoms with van der Waals surface area (Å²) in [4.78, 5) is 12.0. The molecule has 5 heteroatoms. The van der Waals surface area contributed by atoms with Gasteiger partial charge in [-0.25, -0.2) is 0 Å². The Bertz CT molecular complexity index is 518. The number of benzene rings is 1. The number of nitrogens with one attached hydrogen (secondary N) is 1. The third-order valence-corrected chi connectivity index (χ3v) is 4.02. The first-order chi connectivity index (χ1) is 10.9. The molecule has 1 saturated heterocycles. The summed E-state index contributed by atoms with van der Waals surface area (Å²) < 4.78 is 16.8. The van der Waals surface area contributed by atoms with Crippen molar-refractivity contribution in [1.29, 1.82) is 0 Å². The summed E-state index contributed by atoms with van der Waals surface area (Å²) in [6.45, 7) is 9.86. The summed E-state index contributed by atoms with van der Waals surface area (Å²) >= 11 is 0. The topological polar surface area (TPSA) is 56.8 Å². The molecule has 1 aliphatic rings. The molecule has 2 rings (SSSR count). The van der Waals surface area contributed by atoms with E-state index in [4.69, 9.17) is 14.2 Å². The average molecular weight is 321 g/mol. The molecule has 1 heterocycles. The van der Waals surface area contributed by atoms with Gasteiger partial charge in [-0.05, 0) is 37.8 Å². The zero-order valence-electron chi connectivity index (χ0n) is 14.5. The molecule has 0 spiro atoms. The Hall–Kier alpha value is -1.59. The van der Waals surface area contributed by atoms with Crippen molar-refractivity contribution in [2.75, 3.05) is 26.4 Å². The number of carbonyl (C=O) groups excluding carboxylic acids is 1. The van der Waals surface area contributed by atoms with Crippen LogP contribution in [0.3, 0.4) is 0 Å². The molecule has 1 fully saturated rings. The maximum Gasteiger partial charge on any atom is 0.257 e. The molecule has 5 nitrogen and oxygen atoms in total. The predicted octanol–water partition coefficient (Wildman–Crippen LogP) is 2.59. The van der Waals surface area contributed by atoms with E-state index < -0.39 is 5.79 Å². The zero-order chi connectivity index (χ0) is 16.9. The summed E-state index contributed by atoms with van der Waals surface area (Å²) in [6.07, 6.45) is 0.755. The van der Waals surface area contributed by atoms with Gasteiger partial charge in [0.2, 0.25) is 0 Å². The summed E-state index contributed by atoms with van der Waals surface area (Å²) in [5.74, 6) is 0.426. The van der Waals surface area contributed by atoms with Crippen molar-refractivity contribution in [2.24, 2.45) is 5.92 Å². The molecule has 0 bridgehead atoms. The number of ether oxygens (including phenoxy) is 3. The smallest absolute Gasteiger partial charge is 0.257 e. The Morgan fingerprint density at radius 2 is 1.91 bits per heavy atom. The van der Waals surface area contributed by atoms with Gasteiger partial charge in [-0.15, -0.1) is 0 Å². The van der Waals surface area contributed by atoms with E-state index in [9.17, 15) is 4.79 Å². The number of hydrogen-bond donors (Lipinski definition) is 1. The van der Waals surface area contributed by atoms with E-state index in [0.29, 0.717) is 19.8 Å². The second-order valence-electron chi connectivity index (χ2n) is 6.45. The first kappa shape index (κ1) is 17.8. The highest BCUT2D eigenvalue weighted by atomic mass is 16.7. The Kier molecular flexibility index (Phi) is 6.02. The summed E-state index contributed by atoms with van der Waals surface area (Å²) in [5, 5.41) is 2.91. The quantitative estimate of drug-likeness (QED) is 0.838. The van der Waals surface area contributed by atoms with Crippen LogP contribution < -0.4 is 10.1 Å². The van der Waals surface area contributed by atoms with Crippen molar-refractivity contribution in [1.82, 2.24) is 5.32 Å². The lowest BCUT2D eigenvalue weighted by molar-refractivity contribution is -0.154. The van der Waals surface area contributed by atoms with Gasteiger partial charge in [0.1, 0.15) is 5.75 Å². The van der Waals surface area contributed by atoms with E-state index in [0.717, 1.165) is 23.3 Å². The van der Waals surface area contributed by atoms with Crippen molar-refractivity contribution >= 4 is 5.91 Å². The average Bonchev–Trinajstić information content (AvgIpc) is 2.91. The molecule has 0 aromatic heterocycles. The van der Waals surface area contributed by atoms with Crippen LogP contribution in [0.1, 0.15) is 31.4 Å². The molecule has 1 aliphatic heterocycles. The second kappa shape index (κ2) is 7.79. The maximum atomic E-state index is 12.0. The molecule has 1 atom stereocenters. The highest BCUT2D eigenvalue weighted by Crippen LogP contribution is 2.26. The van der Waals surface area contributed by atoms with Crippen molar-refractivity contribution in [2.45, 2.75) is 39.9 Å². The van der Waals surface area contributed by atoms with Crippen molar-refractivity contribution < 1.29 is 19.0 Å². The van der Waals surface area contributed by atoms with Gasteiger partial charge in [-0.2, -0.15) is 0 Å². The Labute approximate surface area is 138 Å². The van der Waals surface area contributed by atoms with Crippen molar-refractivity contribution in [3.8, 4) is 5.75 Å². The van der Waals surface area contributed by atoms with Gasteiger partial charge in [0.15, 0.2) is 12.4 Å². The molecule has 1 N–H and O–H groups in total. The molecule has 1 aromatic carbocycles. The molecule has 0 saturated carbocycles. The van der Waals surface area contributed by atoms with Gasteiger partial charge in [0.25, 0.3) is 5.91 Å². The van der Waals surface area contributed by atoms with Crippen LogP contribution in [-0.2, 0) is 14.3 Å². The maximum absolute atomic E-state index is 12.0. The Balaban J connectivity index is 1.72. The number of rotatable bonds is 7. The van der Waals surface area contributed by atoms with Crippen LogP contribution in [-0.4, -0.2) is 38.1 Å². The van der Waals surface area contributed by atoms with Gasteiger partial charge in [0, 0.05) is 13.0 Å². The lowest BCUT2D eigenvalue weighted by atomic mass is 10.0. The van der Waals surface area contributed by atoms with Gasteiger partial charge in [-0.1, -0.05) is 25.1 Å². The predicted molar refractivity (Wildman–Crippen MR) is 88.5 cm³/mol. The van der Waals surface area contributed by atoms with Crippen LogP contribution in [0.5, 0.6) is 5.75 Å². The van der Waals surface area contributed by atoms with Crippen LogP contribution >= 0.6 is 0 Å². The molecule has 0 radical (unpaired) electrons. The van der Waals surface area contributed by atoms with Gasteiger partial charge in [0.05, 0.1) is 13.2 Å². The van der Waals surface area contributed by atoms with Crippen LogP contribution in [0.2, 0.25) is 0 Å². The largest absolute Gasteiger partial charge is 0.483 e. The fraction of sp³-hybridized carbons (Fsp3) is 0.611. The molecular weight excluding hydrogens is 294 g/mol. The number of hydrogen-bond acceptors (Lipinski definition) is 4. The lowest BCUT2D eigenvalue weighted by Gasteiger charge is -2.26. The fourth-order valence-electron chi connectivity index (χ4n) is 2.88. The van der Waals surface area contributed by atoms with Crippen LogP contribution in [0.25, 0.3) is 0 Å². The molecule has 128 valence electrons. The number of amides is 1. The van der Waals surface area contributed by atoms with Gasteiger partial charge in [-0.3, -0.25) is 4.79 Å². The fourth-order valence-corrected chi connectivity index (χ4v) is 2.88. The third kappa shape index (κ3) is 5.22. The van der Waals surface area contributed by atoms with Crippen LogP contribution in [0.15, 0.2) is 18.2 Å². The number of aryl methyl sites for hydroxylation is 2. The summed E-state index contributed by atoms with van der Waals surface area (Å²) in [6, 6.07) is 5.93. The van der Waals surface area contributed by atoms with Crippen molar-refractivity contribution in [3.63, 3.8) is 0 Å². The molecular formula is C18H27NO4. The monoisotopic (exact) mass is 321 g/mol. The van der Waals surface area contributed by atoms with Gasteiger partial charge >= 0.3 is 0 Å². The van der Waals surface area contributed by atoms with Crippen LogP contribution in [0, 0.1) is 19.8 Å². The molecule has 1 aromatic rings. The molecule has 1 amide bonds. The minimum absolute atomic E-state index is 0.0304. The number of para-hydroxylation sites is 1. The summed E-state index contributed by atoms with van der Waals surface area (Å²) in [5.41, 5.74) is 2.07. The normalized spacial score (nSPS) is 17.7.